The first-order valence-corrected chi connectivity index (χ1v) is 10.8. The van der Waals surface area contributed by atoms with Crippen LogP contribution < -0.4 is 0 Å². The van der Waals surface area contributed by atoms with Crippen LogP contribution in [0, 0.1) is 0 Å². The van der Waals surface area contributed by atoms with Crippen LogP contribution in [0.5, 0.6) is 0 Å². The Kier molecular flexibility index (Phi) is 9.26. The summed E-state index contributed by atoms with van der Waals surface area (Å²) in [6.07, 6.45) is 2.17. The molecule has 0 aliphatic carbocycles. The summed E-state index contributed by atoms with van der Waals surface area (Å²) in [7, 11) is -3.74. The number of rotatable bonds is 10. The number of carbonyl (C=O) groups is 1. The maximum absolute atomic E-state index is 12.2. The summed E-state index contributed by atoms with van der Waals surface area (Å²) in [4.78, 5) is 11.5. The second kappa shape index (κ2) is 10.7. The minimum absolute atomic E-state index is 0.0991. The number of carbonyl (C=O) groups excluding carboxylic acids is 1. The number of ether oxygens (including phenoxy) is 2. The smallest absolute Gasteiger partial charge is 0.434 e. The predicted molar refractivity (Wildman–Crippen MR) is 104 cm³/mol. The number of unbranched alkanes of at least 4 members (excludes halogenated alkanes) is 2. The van der Waals surface area contributed by atoms with Crippen LogP contribution in [0.15, 0.2) is 29.2 Å². The molecule has 0 radical (unpaired) electrons. The van der Waals surface area contributed by atoms with Crippen molar-refractivity contribution in [2.24, 2.45) is 0 Å². The van der Waals surface area contributed by atoms with E-state index in [1.165, 1.54) is 0 Å². The van der Waals surface area contributed by atoms with Crippen molar-refractivity contribution in [3.05, 3.63) is 29.8 Å². The highest BCUT2D eigenvalue weighted by Crippen LogP contribution is 2.21. The fourth-order valence-electron chi connectivity index (χ4n) is 2.25. The Morgan fingerprint density at radius 1 is 1.04 bits per heavy atom. The first-order valence-electron chi connectivity index (χ1n) is 9.40. The second-order valence-electron chi connectivity index (χ2n) is 7.53. The van der Waals surface area contributed by atoms with Crippen LogP contribution in [0.1, 0.15) is 71.8 Å². The molecule has 0 spiro atoms. The van der Waals surface area contributed by atoms with Crippen molar-refractivity contribution >= 4 is 16.3 Å². The van der Waals surface area contributed by atoms with Crippen LogP contribution in [0.4, 0.5) is 4.79 Å². The quantitative estimate of drug-likeness (QED) is 0.311. The van der Waals surface area contributed by atoms with Crippen LogP contribution in [-0.2, 0) is 23.8 Å². The minimum Gasteiger partial charge on any atom is -0.434 e. The van der Waals surface area contributed by atoms with Gasteiger partial charge in [-0.3, -0.25) is 4.18 Å². The van der Waals surface area contributed by atoms with Crippen molar-refractivity contribution in [3.8, 4) is 0 Å². The van der Waals surface area contributed by atoms with E-state index in [1.54, 1.807) is 32.9 Å². The van der Waals surface area contributed by atoms with Crippen LogP contribution in [0.3, 0.4) is 0 Å². The molecule has 0 aliphatic rings. The van der Waals surface area contributed by atoms with Crippen LogP contribution in [0.25, 0.3) is 0 Å². The highest BCUT2D eigenvalue weighted by Gasteiger charge is 2.17. The van der Waals surface area contributed by atoms with Gasteiger partial charge in [0.25, 0.3) is 10.1 Å². The van der Waals surface area contributed by atoms with Gasteiger partial charge in [0.2, 0.25) is 0 Å². The molecule has 154 valence electrons. The molecule has 1 aromatic rings. The van der Waals surface area contributed by atoms with Gasteiger partial charge in [-0.2, -0.15) is 8.42 Å². The molecule has 0 N–H and O–H groups in total. The number of hydrogen-bond donors (Lipinski definition) is 0. The zero-order valence-corrected chi connectivity index (χ0v) is 17.8. The summed E-state index contributed by atoms with van der Waals surface area (Å²) in [5.74, 6) is 0.394. The molecule has 1 atom stereocenters. The molecule has 0 fully saturated rings. The largest absolute Gasteiger partial charge is 0.508 e. The van der Waals surface area contributed by atoms with E-state index in [0.717, 1.165) is 12.0 Å². The monoisotopic (exact) mass is 400 g/mol. The zero-order chi connectivity index (χ0) is 20.5. The summed E-state index contributed by atoms with van der Waals surface area (Å²) in [6, 6.07) is 6.84. The molecule has 0 aromatic heterocycles. The lowest BCUT2D eigenvalue weighted by Crippen LogP contribution is -2.24. The standard InChI is InChI=1S/C20H32O6S/c1-6-16(2)17-10-12-18(13-11-17)27(22,23)25-15-9-7-8-14-24-19(21)26-20(3,4)5/h10-13,16H,6-9,14-15H2,1-5H3. The molecule has 0 saturated heterocycles. The lowest BCUT2D eigenvalue weighted by molar-refractivity contribution is -0.00773. The van der Waals surface area contributed by atoms with Crippen molar-refractivity contribution in [2.45, 2.75) is 76.7 Å². The van der Waals surface area contributed by atoms with E-state index in [1.807, 2.05) is 12.1 Å². The number of benzene rings is 1. The van der Waals surface area contributed by atoms with Crippen LogP contribution in [-0.4, -0.2) is 33.4 Å². The van der Waals surface area contributed by atoms with Gasteiger partial charge in [-0.05, 0) is 70.1 Å². The van der Waals surface area contributed by atoms with E-state index in [-0.39, 0.29) is 18.1 Å². The lowest BCUT2D eigenvalue weighted by atomic mass is 9.99. The lowest BCUT2D eigenvalue weighted by Gasteiger charge is -2.18. The van der Waals surface area contributed by atoms with Gasteiger partial charge >= 0.3 is 6.16 Å². The fourth-order valence-corrected chi connectivity index (χ4v) is 3.19. The molecule has 1 unspecified atom stereocenters. The molecule has 1 aromatic carbocycles. The molecule has 27 heavy (non-hydrogen) atoms. The second-order valence-corrected chi connectivity index (χ2v) is 9.14. The SMILES string of the molecule is CCC(C)c1ccc(S(=O)(=O)OCCCCCOC(=O)OC(C)(C)C)cc1. The van der Waals surface area contributed by atoms with Crippen molar-refractivity contribution in [3.63, 3.8) is 0 Å². The molecule has 0 aliphatic heterocycles. The van der Waals surface area contributed by atoms with Gasteiger partial charge in [0.15, 0.2) is 0 Å². The fraction of sp³-hybridized carbons (Fsp3) is 0.650. The highest BCUT2D eigenvalue weighted by molar-refractivity contribution is 7.86. The predicted octanol–water partition coefficient (Wildman–Crippen LogP) is 5.03. The molecule has 0 amide bonds. The van der Waals surface area contributed by atoms with Gasteiger partial charge in [0, 0.05) is 0 Å². The first kappa shape index (κ1) is 23.4. The third-order valence-electron chi connectivity index (χ3n) is 3.99. The van der Waals surface area contributed by atoms with E-state index in [2.05, 4.69) is 13.8 Å². The van der Waals surface area contributed by atoms with E-state index in [0.29, 0.717) is 25.2 Å². The van der Waals surface area contributed by atoms with Crippen molar-refractivity contribution in [2.75, 3.05) is 13.2 Å². The van der Waals surface area contributed by atoms with Gasteiger partial charge in [-0.1, -0.05) is 26.0 Å². The maximum Gasteiger partial charge on any atom is 0.508 e. The zero-order valence-electron chi connectivity index (χ0n) is 17.0. The Balaban J connectivity index is 2.28. The van der Waals surface area contributed by atoms with Gasteiger partial charge in [0.1, 0.15) is 5.60 Å². The molecule has 0 saturated carbocycles. The van der Waals surface area contributed by atoms with Gasteiger partial charge < -0.3 is 9.47 Å². The van der Waals surface area contributed by atoms with Gasteiger partial charge in [0.05, 0.1) is 18.1 Å². The molecule has 0 bridgehead atoms. The topological polar surface area (TPSA) is 78.9 Å². The first-order chi connectivity index (χ1) is 12.5. The van der Waals surface area contributed by atoms with Crippen molar-refractivity contribution < 1.29 is 26.9 Å². The van der Waals surface area contributed by atoms with Crippen molar-refractivity contribution in [1.29, 1.82) is 0 Å². The summed E-state index contributed by atoms with van der Waals surface area (Å²) in [5.41, 5.74) is 0.535. The normalized spacial score (nSPS) is 13.2. The van der Waals surface area contributed by atoms with E-state index < -0.39 is 21.9 Å². The van der Waals surface area contributed by atoms with Crippen LogP contribution >= 0.6 is 0 Å². The molecule has 1 rings (SSSR count). The van der Waals surface area contributed by atoms with Gasteiger partial charge in [-0.25, -0.2) is 4.79 Å². The summed E-state index contributed by atoms with van der Waals surface area (Å²) < 4.78 is 39.4. The Labute approximate surface area is 163 Å². The average Bonchev–Trinajstić information content (AvgIpc) is 2.58. The summed E-state index contributed by atoms with van der Waals surface area (Å²) >= 11 is 0. The Morgan fingerprint density at radius 2 is 1.63 bits per heavy atom. The molecule has 6 nitrogen and oxygen atoms in total. The van der Waals surface area contributed by atoms with E-state index in [9.17, 15) is 13.2 Å². The Bertz CT molecular complexity index is 673. The summed E-state index contributed by atoms with van der Waals surface area (Å²) in [5, 5.41) is 0. The Morgan fingerprint density at radius 3 is 2.19 bits per heavy atom. The van der Waals surface area contributed by atoms with Crippen molar-refractivity contribution in [1.82, 2.24) is 0 Å². The third-order valence-corrected chi connectivity index (χ3v) is 5.31. The van der Waals surface area contributed by atoms with E-state index in [4.69, 9.17) is 13.7 Å². The minimum atomic E-state index is -3.74. The molecule has 0 heterocycles. The Hall–Kier alpha value is -1.60. The molecular formula is C20H32O6S. The number of hydrogen-bond acceptors (Lipinski definition) is 6. The molecular weight excluding hydrogens is 368 g/mol. The highest BCUT2D eigenvalue weighted by atomic mass is 32.2. The summed E-state index contributed by atoms with van der Waals surface area (Å²) in [6.45, 7) is 9.84. The third kappa shape index (κ3) is 9.24. The van der Waals surface area contributed by atoms with E-state index >= 15 is 0 Å². The van der Waals surface area contributed by atoms with Crippen LogP contribution in [0.2, 0.25) is 0 Å². The molecule has 7 heteroatoms. The maximum atomic E-state index is 12.2. The average molecular weight is 401 g/mol. The van der Waals surface area contributed by atoms with Gasteiger partial charge in [-0.15, -0.1) is 0 Å².